The van der Waals surface area contributed by atoms with Crippen molar-refractivity contribution in [1.82, 2.24) is 5.32 Å². The van der Waals surface area contributed by atoms with E-state index >= 15 is 0 Å². The molecule has 102 valence electrons. The Labute approximate surface area is 117 Å². The third kappa shape index (κ3) is 4.59. The van der Waals surface area contributed by atoms with Gasteiger partial charge in [-0.3, -0.25) is 4.79 Å². The fraction of sp³-hybridized carbons (Fsp3) is 0.615. The van der Waals surface area contributed by atoms with Gasteiger partial charge in [-0.25, -0.2) is 0 Å². The zero-order chi connectivity index (χ0) is 13.9. The molecule has 1 aromatic heterocycles. The molecule has 0 saturated carbocycles. The van der Waals surface area contributed by atoms with E-state index in [0.717, 1.165) is 5.56 Å². The van der Waals surface area contributed by atoms with E-state index in [0.29, 0.717) is 16.3 Å². The number of aliphatic hydroxyl groups is 1. The summed E-state index contributed by atoms with van der Waals surface area (Å²) in [5.41, 5.74) is 0.948. The van der Waals surface area contributed by atoms with Crippen molar-refractivity contribution in [2.75, 3.05) is 6.54 Å². The normalized spacial score (nSPS) is 13.4. The second-order valence-electron chi connectivity index (χ2n) is 5.69. The van der Waals surface area contributed by atoms with E-state index < -0.39 is 6.10 Å². The number of carbonyl (C=O) groups excluding carboxylic acids is 1. The molecule has 0 fully saturated rings. The van der Waals surface area contributed by atoms with Crippen LogP contribution in [0.15, 0.2) is 5.38 Å². The van der Waals surface area contributed by atoms with Gasteiger partial charge in [0.25, 0.3) is 5.91 Å². The average molecular weight is 290 g/mol. The number of rotatable bonds is 4. The molecular formula is C13H20ClNO2S. The van der Waals surface area contributed by atoms with E-state index in [1.165, 1.54) is 11.3 Å². The second kappa shape index (κ2) is 6.04. The topological polar surface area (TPSA) is 49.3 Å². The van der Waals surface area contributed by atoms with Gasteiger partial charge in [-0.05, 0) is 29.7 Å². The van der Waals surface area contributed by atoms with Crippen LogP contribution in [0.3, 0.4) is 0 Å². The summed E-state index contributed by atoms with van der Waals surface area (Å²) in [6.45, 7) is 8.28. The van der Waals surface area contributed by atoms with E-state index in [9.17, 15) is 9.90 Å². The van der Waals surface area contributed by atoms with E-state index in [-0.39, 0.29) is 17.9 Å². The monoisotopic (exact) mass is 289 g/mol. The molecule has 0 aromatic carbocycles. The average Bonchev–Trinajstić information content (AvgIpc) is 2.54. The van der Waals surface area contributed by atoms with Crippen molar-refractivity contribution in [3.05, 3.63) is 20.8 Å². The molecule has 0 aliphatic carbocycles. The van der Waals surface area contributed by atoms with Crippen molar-refractivity contribution in [2.45, 2.75) is 40.2 Å². The number of hydrogen-bond acceptors (Lipinski definition) is 3. The van der Waals surface area contributed by atoms with Crippen LogP contribution in [0.25, 0.3) is 0 Å². The van der Waals surface area contributed by atoms with Gasteiger partial charge in [-0.15, -0.1) is 11.3 Å². The maximum absolute atomic E-state index is 11.9. The molecule has 1 atom stereocenters. The summed E-state index contributed by atoms with van der Waals surface area (Å²) in [5, 5.41) is 14.9. The Morgan fingerprint density at radius 2 is 2.17 bits per heavy atom. The zero-order valence-electron chi connectivity index (χ0n) is 11.2. The first kappa shape index (κ1) is 15.5. The predicted octanol–water partition coefficient (Wildman–Crippen LogP) is 3.24. The summed E-state index contributed by atoms with van der Waals surface area (Å²) in [6.07, 6.45) is 0.110. The van der Waals surface area contributed by atoms with Crippen molar-refractivity contribution < 1.29 is 9.90 Å². The van der Waals surface area contributed by atoms with Crippen molar-refractivity contribution in [3.63, 3.8) is 0 Å². The number of halogens is 1. The molecule has 0 saturated heterocycles. The van der Waals surface area contributed by atoms with Crippen molar-refractivity contribution >= 4 is 28.8 Å². The maximum atomic E-state index is 11.9. The van der Waals surface area contributed by atoms with Crippen LogP contribution in [0.4, 0.5) is 0 Å². The molecule has 1 heterocycles. The van der Waals surface area contributed by atoms with Gasteiger partial charge in [-0.2, -0.15) is 0 Å². The van der Waals surface area contributed by atoms with E-state index in [4.69, 9.17) is 11.6 Å². The van der Waals surface area contributed by atoms with Gasteiger partial charge >= 0.3 is 0 Å². The first-order valence-electron chi connectivity index (χ1n) is 5.90. The number of thiophene rings is 1. The Bertz CT molecular complexity index is 423. The van der Waals surface area contributed by atoms with E-state index in [1.54, 1.807) is 0 Å². The van der Waals surface area contributed by atoms with Gasteiger partial charge in [0.15, 0.2) is 0 Å². The highest BCUT2D eigenvalue weighted by Gasteiger charge is 2.19. The number of nitrogens with one attached hydrogen (secondary N) is 1. The molecule has 5 heteroatoms. The molecule has 1 aromatic rings. The van der Waals surface area contributed by atoms with Gasteiger partial charge in [0.2, 0.25) is 0 Å². The number of aryl methyl sites for hydroxylation is 1. The third-order valence-electron chi connectivity index (χ3n) is 2.45. The van der Waals surface area contributed by atoms with Crippen molar-refractivity contribution in [3.8, 4) is 0 Å². The van der Waals surface area contributed by atoms with Crippen molar-refractivity contribution in [2.24, 2.45) is 5.41 Å². The molecule has 2 N–H and O–H groups in total. The smallest absolute Gasteiger partial charge is 0.262 e. The van der Waals surface area contributed by atoms with E-state index in [1.807, 2.05) is 12.3 Å². The van der Waals surface area contributed by atoms with Gasteiger partial charge in [0, 0.05) is 6.54 Å². The Morgan fingerprint density at radius 3 is 2.61 bits per heavy atom. The minimum absolute atomic E-state index is 0.0430. The molecule has 0 aliphatic heterocycles. The van der Waals surface area contributed by atoms with Crippen molar-refractivity contribution in [1.29, 1.82) is 0 Å². The molecule has 0 aliphatic rings. The van der Waals surface area contributed by atoms with Crippen LogP contribution in [0, 0.1) is 12.3 Å². The Balaban J connectivity index is 2.49. The van der Waals surface area contributed by atoms with Crippen LogP contribution in [0.5, 0.6) is 0 Å². The fourth-order valence-corrected chi connectivity index (χ4v) is 2.85. The number of hydrogen-bond donors (Lipinski definition) is 2. The summed E-state index contributed by atoms with van der Waals surface area (Å²) in [6, 6.07) is 0. The highest BCUT2D eigenvalue weighted by Crippen LogP contribution is 2.27. The first-order chi connectivity index (χ1) is 8.20. The summed E-state index contributed by atoms with van der Waals surface area (Å²) >= 11 is 7.34. The zero-order valence-corrected chi connectivity index (χ0v) is 12.8. The summed E-state index contributed by atoms with van der Waals surface area (Å²) in [7, 11) is 0. The van der Waals surface area contributed by atoms with Gasteiger partial charge in [0.1, 0.15) is 4.88 Å². The number of aliphatic hydroxyl groups excluding tert-OH is 1. The maximum Gasteiger partial charge on any atom is 0.262 e. The summed E-state index contributed by atoms with van der Waals surface area (Å²) in [5.74, 6) is -0.217. The summed E-state index contributed by atoms with van der Waals surface area (Å²) in [4.78, 5) is 12.4. The van der Waals surface area contributed by atoms with Crippen LogP contribution >= 0.6 is 22.9 Å². The third-order valence-corrected chi connectivity index (χ3v) is 4.15. The lowest BCUT2D eigenvalue weighted by Gasteiger charge is -2.22. The fourth-order valence-electron chi connectivity index (χ4n) is 1.65. The Morgan fingerprint density at radius 1 is 1.56 bits per heavy atom. The lowest BCUT2D eigenvalue weighted by molar-refractivity contribution is 0.0872. The van der Waals surface area contributed by atoms with Crippen LogP contribution in [0.1, 0.15) is 42.4 Å². The molecule has 0 spiro atoms. The van der Waals surface area contributed by atoms with Crippen LogP contribution in [-0.4, -0.2) is 23.7 Å². The molecule has 0 radical (unpaired) electrons. The standard InChI is InChI=1S/C13H20ClNO2S/c1-8-7-18-11(10(8)14)12(17)15-6-9(16)5-13(2,3)4/h7,9,16H,5-6H2,1-4H3,(H,15,17). The lowest BCUT2D eigenvalue weighted by Crippen LogP contribution is -2.33. The van der Waals surface area contributed by atoms with Crippen LogP contribution < -0.4 is 5.32 Å². The van der Waals surface area contributed by atoms with Gasteiger partial charge < -0.3 is 10.4 Å². The van der Waals surface area contributed by atoms with Crippen LogP contribution in [-0.2, 0) is 0 Å². The minimum Gasteiger partial charge on any atom is -0.391 e. The molecule has 18 heavy (non-hydrogen) atoms. The lowest BCUT2D eigenvalue weighted by atomic mass is 9.89. The Hall–Kier alpha value is -0.580. The van der Waals surface area contributed by atoms with Crippen LogP contribution in [0.2, 0.25) is 5.02 Å². The second-order valence-corrected chi connectivity index (χ2v) is 6.95. The quantitative estimate of drug-likeness (QED) is 0.894. The largest absolute Gasteiger partial charge is 0.391 e. The molecule has 1 unspecified atom stereocenters. The predicted molar refractivity (Wildman–Crippen MR) is 76.5 cm³/mol. The first-order valence-corrected chi connectivity index (χ1v) is 7.16. The molecule has 0 bridgehead atoms. The minimum atomic E-state index is -0.534. The van der Waals surface area contributed by atoms with E-state index in [2.05, 4.69) is 26.1 Å². The number of amides is 1. The summed E-state index contributed by atoms with van der Waals surface area (Å²) < 4.78 is 0. The molecular weight excluding hydrogens is 270 g/mol. The molecule has 1 rings (SSSR count). The molecule has 1 amide bonds. The van der Waals surface area contributed by atoms with Gasteiger partial charge in [-0.1, -0.05) is 32.4 Å². The Kier molecular flexibility index (Phi) is 5.20. The SMILES string of the molecule is Cc1csc(C(=O)NCC(O)CC(C)(C)C)c1Cl. The molecule has 3 nitrogen and oxygen atoms in total. The highest BCUT2D eigenvalue weighted by atomic mass is 35.5. The van der Waals surface area contributed by atoms with Gasteiger partial charge in [0.05, 0.1) is 11.1 Å². The highest BCUT2D eigenvalue weighted by molar-refractivity contribution is 7.13. The number of carbonyl (C=O) groups is 1.